The molecule has 0 radical (unpaired) electrons. The van der Waals surface area contributed by atoms with Crippen LogP contribution >= 0.6 is 0 Å². The third kappa shape index (κ3) is 5.69. The lowest BCUT2D eigenvalue weighted by molar-refractivity contribution is -0.143. The maximum Gasteiger partial charge on any atom is 0.316 e. The van der Waals surface area contributed by atoms with Crippen molar-refractivity contribution in [3.63, 3.8) is 0 Å². The molecule has 0 bridgehead atoms. The summed E-state index contributed by atoms with van der Waals surface area (Å²) in [5.41, 5.74) is 5.88. The molecule has 0 unspecified atom stereocenters. The molecule has 5 nitrogen and oxygen atoms in total. The van der Waals surface area contributed by atoms with Gasteiger partial charge in [0, 0.05) is 34.5 Å². The number of halogens is 1. The highest BCUT2D eigenvalue weighted by Crippen LogP contribution is 2.43. The van der Waals surface area contributed by atoms with Gasteiger partial charge in [0.15, 0.2) is 0 Å². The fourth-order valence-corrected chi connectivity index (χ4v) is 4.70. The number of benzene rings is 3. The Morgan fingerprint density at radius 3 is 2.37 bits per heavy atom. The number of hydrogen-bond donors (Lipinski definition) is 1. The normalized spacial score (nSPS) is 14.2. The van der Waals surface area contributed by atoms with Crippen LogP contribution in [0.5, 0.6) is 17.2 Å². The van der Waals surface area contributed by atoms with E-state index in [1.165, 1.54) is 12.1 Å². The summed E-state index contributed by atoms with van der Waals surface area (Å²) in [6.07, 6.45) is 2.20. The van der Waals surface area contributed by atoms with E-state index in [2.05, 4.69) is 38.2 Å². The summed E-state index contributed by atoms with van der Waals surface area (Å²) >= 11 is 0. The minimum Gasteiger partial charge on any atom is -0.496 e. The van der Waals surface area contributed by atoms with Gasteiger partial charge in [0.1, 0.15) is 29.7 Å². The zero-order valence-electron chi connectivity index (χ0n) is 23.4. The van der Waals surface area contributed by atoms with Crippen LogP contribution < -0.4 is 19.5 Å². The van der Waals surface area contributed by atoms with Crippen molar-refractivity contribution in [2.45, 2.75) is 60.6 Å². The van der Waals surface area contributed by atoms with Crippen molar-refractivity contribution in [2.24, 2.45) is 5.41 Å². The highest BCUT2D eigenvalue weighted by molar-refractivity contribution is 5.88. The number of fused-ring (bicyclic) bond motifs is 1. The van der Waals surface area contributed by atoms with E-state index in [1.807, 2.05) is 39.8 Å². The zero-order chi connectivity index (χ0) is 27.8. The van der Waals surface area contributed by atoms with Gasteiger partial charge in [-0.1, -0.05) is 18.2 Å². The first kappa shape index (κ1) is 27.2. The Bertz CT molecular complexity index is 1420. The van der Waals surface area contributed by atoms with Crippen molar-refractivity contribution in [2.75, 3.05) is 12.4 Å². The second-order valence-electron chi connectivity index (χ2n) is 11.4. The average molecular weight is 518 g/mol. The van der Waals surface area contributed by atoms with Gasteiger partial charge in [-0.05, 0) is 89.4 Å². The molecule has 0 fully saturated rings. The number of carbonyl (C=O) groups is 1. The Morgan fingerprint density at radius 2 is 1.68 bits per heavy atom. The van der Waals surface area contributed by atoms with Crippen molar-refractivity contribution in [3.8, 4) is 28.4 Å². The number of rotatable bonds is 6. The summed E-state index contributed by atoms with van der Waals surface area (Å²) in [5, 5.41) is 3.60. The Hall–Kier alpha value is -3.80. The predicted molar refractivity (Wildman–Crippen MR) is 150 cm³/mol. The Kier molecular flexibility index (Phi) is 7.29. The molecule has 0 aliphatic carbocycles. The second-order valence-corrected chi connectivity index (χ2v) is 11.4. The molecule has 200 valence electrons. The standard InChI is InChI=1S/C32H36FNO4/c1-19-9-10-21(33)15-27(19)37-18-25-23(13-14-26-29(25)20(2)17-32(6,7)34-26)24-12-11-22(16-28(24)36-8)38-30(35)31(3,4)5/h9-17,34H,18H2,1-8H3. The van der Waals surface area contributed by atoms with E-state index in [1.54, 1.807) is 25.3 Å². The van der Waals surface area contributed by atoms with E-state index < -0.39 is 5.41 Å². The van der Waals surface area contributed by atoms with Crippen molar-refractivity contribution in [1.82, 2.24) is 0 Å². The first-order valence-corrected chi connectivity index (χ1v) is 12.7. The lowest BCUT2D eigenvalue weighted by atomic mass is 9.85. The SMILES string of the molecule is COc1cc(OC(=O)C(C)(C)C)ccc1-c1ccc2c(c1COc1cc(F)ccc1C)C(C)=CC(C)(C)N2. The fourth-order valence-electron chi connectivity index (χ4n) is 4.70. The highest BCUT2D eigenvalue weighted by atomic mass is 19.1. The minimum absolute atomic E-state index is 0.202. The monoisotopic (exact) mass is 517 g/mol. The quantitative estimate of drug-likeness (QED) is 0.266. The molecule has 0 saturated heterocycles. The molecule has 1 N–H and O–H groups in total. The van der Waals surface area contributed by atoms with Gasteiger partial charge >= 0.3 is 5.97 Å². The summed E-state index contributed by atoms with van der Waals surface area (Å²) < 4.78 is 31.6. The molecule has 38 heavy (non-hydrogen) atoms. The predicted octanol–water partition coefficient (Wildman–Crippen LogP) is 7.95. The zero-order valence-corrected chi connectivity index (χ0v) is 23.4. The van der Waals surface area contributed by atoms with Crippen LogP contribution in [0.15, 0.2) is 54.6 Å². The van der Waals surface area contributed by atoms with Crippen molar-refractivity contribution in [1.29, 1.82) is 0 Å². The third-order valence-corrected chi connectivity index (χ3v) is 6.55. The Balaban J connectivity index is 1.82. The van der Waals surface area contributed by atoms with Gasteiger partial charge in [-0.25, -0.2) is 4.39 Å². The van der Waals surface area contributed by atoms with Gasteiger partial charge in [0.05, 0.1) is 18.1 Å². The van der Waals surface area contributed by atoms with E-state index in [-0.39, 0.29) is 23.9 Å². The molecule has 3 aromatic carbocycles. The van der Waals surface area contributed by atoms with Gasteiger partial charge < -0.3 is 19.5 Å². The van der Waals surface area contributed by atoms with Gasteiger partial charge in [0.2, 0.25) is 0 Å². The van der Waals surface area contributed by atoms with Crippen LogP contribution in [-0.4, -0.2) is 18.6 Å². The molecular weight excluding hydrogens is 481 g/mol. The van der Waals surface area contributed by atoms with E-state index in [4.69, 9.17) is 14.2 Å². The van der Waals surface area contributed by atoms with Crippen LogP contribution in [0.4, 0.5) is 10.1 Å². The van der Waals surface area contributed by atoms with E-state index in [9.17, 15) is 9.18 Å². The molecule has 6 heteroatoms. The number of hydrogen-bond acceptors (Lipinski definition) is 5. The minimum atomic E-state index is -0.630. The molecule has 3 aromatic rings. The number of aryl methyl sites for hydroxylation is 1. The molecule has 0 saturated carbocycles. The number of anilines is 1. The average Bonchev–Trinajstić information content (AvgIpc) is 2.83. The van der Waals surface area contributed by atoms with Crippen LogP contribution in [0.1, 0.15) is 58.2 Å². The first-order chi connectivity index (χ1) is 17.8. The molecule has 1 aliphatic rings. The molecule has 0 spiro atoms. The maximum atomic E-state index is 14.0. The van der Waals surface area contributed by atoms with Crippen LogP contribution in [0, 0.1) is 18.2 Å². The van der Waals surface area contributed by atoms with Crippen LogP contribution in [-0.2, 0) is 11.4 Å². The van der Waals surface area contributed by atoms with E-state index in [0.29, 0.717) is 17.2 Å². The molecule has 4 rings (SSSR count). The third-order valence-electron chi connectivity index (χ3n) is 6.55. The van der Waals surface area contributed by atoms with Gasteiger partial charge in [0.25, 0.3) is 0 Å². The molecule has 1 aliphatic heterocycles. The van der Waals surface area contributed by atoms with Crippen LogP contribution in [0.2, 0.25) is 0 Å². The highest BCUT2D eigenvalue weighted by Gasteiger charge is 2.28. The lowest BCUT2D eigenvalue weighted by Crippen LogP contribution is -2.32. The smallest absolute Gasteiger partial charge is 0.316 e. The molecule has 0 amide bonds. The molecule has 0 aromatic heterocycles. The molecule has 0 atom stereocenters. The summed E-state index contributed by atoms with van der Waals surface area (Å²) in [5.74, 6) is 0.808. The van der Waals surface area contributed by atoms with Gasteiger partial charge in [-0.2, -0.15) is 0 Å². The largest absolute Gasteiger partial charge is 0.496 e. The lowest BCUT2D eigenvalue weighted by Gasteiger charge is -2.33. The topological polar surface area (TPSA) is 56.8 Å². The fraction of sp³-hybridized carbons (Fsp3) is 0.344. The maximum absolute atomic E-state index is 14.0. The number of carbonyl (C=O) groups excluding carboxylic acids is 1. The Labute approximate surface area is 224 Å². The van der Waals surface area contributed by atoms with Crippen LogP contribution in [0.25, 0.3) is 16.7 Å². The number of allylic oxidation sites excluding steroid dienone is 1. The summed E-state index contributed by atoms with van der Waals surface area (Å²) in [4.78, 5) is 12.4. The van der Waals surface area contributed by atoms with E-state index in [0.717, 1.165) is 39.1 Å². The number of ether oxygens (including phenoxy) is 3. The summed E-state index contributed by atoms with van der Waals surface area (Å²) in [6, 6.07) is 14.0. The van der Waals surface area contributed by atoms with Crippen LogP contribution in [0.3, 0.4) is 0 Å². The van der Waals surface area contributed by atoms with E-state index >= 15 is 0 Å². The second kappa shape index (κ2) is 10.2. The summed E-state index contributed by atoms with van der Waals surface area (Å²) in [7, 11) is 1.59. The van der Waals surface area contributed by atoms with Gasteiger partial charge in [-0.3, -0.25) is 4.79 Å². The van der Waals surface area contributed by atoms with Crippen molar-refractivity contribution >= 4 is 17.2 Å². The first-order valence-electron chi connectivity index (χ1n) is 12.7. The van der Waals surface area contributed by atoms with Gasteiger partial charge in [-0.15, -0.1) is 0 Å². The summed E-state index contributed by atoms with van der Waals surface area (Å²) in [6.45, 7) is 13.9. The van der Waals surface area contributed by atoms with Crippen molar-refractivity contribution in [3.05, 3.63) is 77.1 Å². The molecule has 1 heterocycles. The number of nitrogens with one attached hydrogen (secondary N) is 1. The number of methoxy groups -OCH3 is 1. The number of esters is 1. The Morgan fingerprint density at radius 1 is 0.974 bits per heavy atom. The van der Waals surface area contributed by atoms with Crippen molar-refractivity contribution < 1.29 is 23.4 Å². The molecular formula is C32H36FNO4.